The fourth-order valence-corrected chi connectivity index (χ4v) is 2.68. The van der Waals surface area contributed by atoms with E-state index in [-0.39, 0.29) is 31.0 Å². The van der Waals surface area contributed by atoms with Crippen LogP contribution in [0.1, 0.15) is 6.42 Å². The lowest BCUT2D eigenvalue weighted by atomic mass is 10.2. The van der Waals surface area contributed by atoms with Crippen molar-refractivity contribution >= 4 is 22.8 Å². The molecule has 2 heterocycles. The number of nitrogens with zero attached hydrogens (tertiary/aromatic N) is 4. The molecule has 1 aromatic carbocycles. The SMILES string of the molecule is COC(=O)C(Cn1ccnc1)NC(=O)CCn1cnc2ccccc2c1=O. The number of hydrogen-bond acceptors (Lipinski definition) is 6. The van der Waals surface area contributed by atoms with Gasteiger partial charge in [0.25, 0.3) is 5.56 Å². The van der Waals surface area contributed by atoms with Gasteiger partial charge in [0.05, 0.1) is 37.2 Å². The summed E-state index contributed by atoms with van der Waals surface area (Å²) in [7, 11) is 1.26. The molecule has 9 heteroatoms. The number of fused-ring (bicyclic) bond motifs is 1. The van der Waals surface area contributed by atoms with Gasteiger partial charge in [0.15, 0.2) is 0 Å². The number of rotatable bonds is 7. The van der Waals surface area contributed by atoms with E-state index in [9.17, 15) is 14.4 Å². The molecule has 27 heavy (non-hydrogen) atoms. The highest BCUT2D eigenvalue weighted by atomic mass is 16.5. The highest BCUT2D eigenvalue weighted by molar-refractivity contribution is 5.84. The minimum absolute atomic E-state index is 0.0251. The molecule has 0 aliphatic heterocycles. The Bertz CT molecular complexity index is 996. The molecule has 3 aromatic rings. The molecule has 9 nitrogen and oxygen atoms in total. The van der Waals surface area contributed by atoms with Crippen LogP contribution in [0, 0.1) is 0 Å². The first-order valence-electron chi connectivity index (χ1n) is 8.35. The van der Waals surface area contributed by atoms with Gasteiger partial charge in [-0.05, 0) is 12.1 Å². The second kappa shape index (κ2) is 8.26. The van der Waals surface area contributed by atoms with Crippen molar-refractivity contribution in [1.29, 1.82) is 0 Å². The summed E-state index contributed by atoms with van der Waals surface area (Å²) in [5, 5.41) is 3.13. The van der Waals surface area contributed by atoms with E-state index >= 15 is 0 Å². The quantitative estimate of drug-likeness (QED) is 0.602. The first kappa shape index (κ1) is 18.3. The third-order valence-corrected chi connectivity index (χ3v) is 4.08. The summed E-state index contributed by atoms with van der Waals surface area (Å²) in [6, 6.07) is 6.17. The first-order valence-corrected chi connectivity index (χ1v) is 8.35. The predicted molar refractivity (Wildman–Crippen MR) is 96.8 cm³/mol. The molecular formula is C18H19N5O4. The smallest absolute Gasteiger partial charge is 0.330 e. The third-order valence-electron chi connectivity index (χ3n) is 4.08. The van der Waals surface area contributed by atoms with E-state index in [2.05, 4.69) is 15.3 Å². The van der Waals surface area contributed by atoms with Crippen LogP contribution in [0.3, 0.4) is 0 Å². The van der Waals surface area contributed by atoms with Crippen LogP contribution in [0.5, 0.6) is 0 Å². The summed E-state index contributed by atoms with van der Waals surface area (Å²) in [5.74, 6) is -0.924. The molecule has 1 unspecified atom stereocenters. The van der Waals surface area contributed by atoms with Gasteiger partial charge in [-0.2, -0.15) is 0 Å². The monoisotopic (exact) mass is 369 g/mol. The number of esters is 1. The Balaban J connectivity index is 1.65. The Morgan fingerprint density at radius 2 is 2.07 bits per heavy atom. The predicted octanol–water partition coefficient (Wildman–Crippen LogP) is 0.341. The Morgan fingerprint density at radius 3 is 2.81 bits per heavy atom. The van der Waals surface area contributed by atoms with Gasteiger partial charge in [-0.25, -0.2) is 14.8 Å². The van der Waals surface area contributed by atoms with Crippen LogP contribution in [-0.4, -0.2) is 44.1 Å². The molecule has 1 atom stereocenters. The summed E-state index contributed by atoms with van der Waals surface area (Å²) >= 11 is 0. The van der Waals surface area contributed by atoms with Crippen LogP contribution < -0.4 is 10.9 Å². The van der Waals surface area contributed by atoms with E-state index in [1.54, 1.807) is 47.6 Å². The van der Waals surface area contributed by atoms with Crippen LogP contribution in [0.25, 0.3) is 10.9 Å². The maximum absolute atomic E-state index is 12.4. The topological polar surface area (TPSA) is 108 Å². The third kappa shape index (κ3) is 4.38. The molecule has 2 aromatic heterocycles. The summed E-state index contributed by atoms with van der Waals surface area (Å²) in [4.78, 5) is 44.7. The number of carbonyl (C=O) groups is 2. The van der Waals surface area contributed by atoms with Crippen molar-refractivity contribution in [2.24, 2.45) is 0 Å². The first-order chi connectivity index (χ1) is 13.1. The standard InChI is InChI=1S/C18H19N5O4/c1-27-18(26)15(10-22-9-7-19-11-22)21-16(24)6-8-23-12-20-14-5-3-2-4-13(14)17(23)25/h2-5,7,9,11-12,15H,6,8,10H2,1H3,(H,21,24). The normalized spacial score (nSPS) is 11.9. The van der Waals surface area contributed by atoms with E-state index in [1.807, 2.05) is 0 Å². The average molecular weight is 369 g/mol. The van der Waals surface area contributed by atoms with Crippen molar-refractivity contribution in [1.82, 2.24) is 24.4 Å². The summed E-state index contributed by atoms with van der Waals surface area (Å²) in [6.07, 6.45) is 6.25. The van der Waals surface area contributed by atoms with Crippen LogP contribution >= 0.6 is 0 Å². The number of aryl methyl sites for hydroxylation is 1. The highest BCUT2D eigenvalue weighted by Crippen LogP contribution is 2.05. The number of hydrogen-bond donors (Lipinski definition) is 1. The van der Waals surface area contributed by atoms with Gasteiger partial charge in [-0.1, -0.05) is 12.1 Å². The van der Waals surface area contributed by atoms with E-state index < -0.39 is 12.0 Å². The Hall–Kier alpha value is -3.49. The second-order valence-corrected chi connectivity index (χ2v) is 5.91. The number of benzene rings is 1. The van der Waals surface area contributed by atoms with Crippen molar-refractivity contribution in [3.63, 3.8) is 0 Å². The fraction of sp³-hybridized carbons (Fsp3) is 0.278. The van der Waals surface area contributed by atoms with Gasteiger partial charge in [0.2, 0.25) is 5.91 Å². The van der Waals surface area contributed by atoms with Gasteiger partial charge in [0, 0.05) is 25.4 Å². The molecule has 3 rings (SSSR count). The number of ether oxygens (including phenoxy) is 1. The van der Waals surface area contributed by atoms with Gasteiger partial charge in [-0.3, -0.25) is 14.2 Å². The molecule has 0 saturated heterocycles. The molecule has 0 radical (unpaired) electrons. The number of carbonyl (C=O) groups excluding carboxylic acids is 2. The maximum Gasteiger partial charge on any atom is 0.330 e. The zero-order chi connectivity index (χ0) is 19.2. The number of methoxy groups -OCH3 is 1. The summed E-state index contributed by atoms with van der Waals surface area (Å²) in [6.45, 7) is 0.358. The molecule has 0 aliphatic carbocycles. The average Bonchev–Trinajstić information content (AvgIpc) is 3.19. The fourth-order valence-electron chi connectivity index (χ4n) is 2.68. The molecule has 0 aliphatic rings. The second-order valence-electron chi connectivity index (χ2n) is 5.91. The molecule has 1 N–H and O–H groups in total. The lowest BCUT2D eigenvalue weighted by Crippen LogP contribution is -2.44. The number of para-hydroxylation sites is 1. The molecule has 1 amide bonds. The van der Waals surface area contributed by atoms with Crippen molar-refractivity contribution in [2.45, 2.75) is 25.6 Å². The van der Waals surface area contributed by atoms with Crippen molar-refractivity contribution in [3.05, 3.63) is 59.7 Å². The van der Waals surface area contributed by atoms with Gasteiger partial charge in [0.1, 0.15) is 6.04 Å². The van der Waals surface area contributed by atoms with Crippen molar-refractivity contribution in [2.75, 3.05) is 7.11 Å². The number of imidazole rings is 1. The molecule has 0 spiro atoms. The van der Waals surface area contributed by atoms with Gasteiger partial charge >= 0.3 is 5.97 Å². The minimum Gasteiger partial charge on any atom is -0.467 e. The Kier molecular flexibility index (Phi) is 5.60. The van der Waals surface area contributed by atoms with Crippen LogP contribution in [0.4, 0.5) is 0 Å². The van der Waals surface area contributed by atoms with Gasteiger partial charge in [-0.15, -0.1) is 0 Å². The Morgan fingerprint density at radius 1 is 1.26 bits per heavy atom. The zero-order valence-electron chi connectivity index (χ0n) is 14.7. The van der Waals surface area contributed by atoms with Crippen molar-refractivity contribution in [3.8, 4) is 0 Å². The van der Waals surface area contributed by atoms with Crippen LogP contribution in [-0.2, 0) is 27.4 Å². The van der Waals surface area contributed by atoms with Gasteiger partial charge < -0.3 is 14.6 Å². The summed E-state index contributed by atoms with van der Waals surface area (Å²) in [5.41, 5.74) is 0.394. The summed E-state index contributed by atoms with van der Waals surface area (Å²) < 4.78 is 7.79. The highest BCUT2D eigenvalue weighted by Gasteiger charge is 2.22. The largest absolute Gasteiger partial charge is 0.467 e. The molecule has 0 fully saturated rings. The number of amides is 1. The van der Waals surface area contributed by atoms with E-state index in [0.29, 0.717) is 10.9 Å². The molecule has 0 saturated carbocycles. The lowest BCUT2D eigenvalue weighted by Gasteiger charge is -2.17. The molecular weight excluding hydrogens is 350 g/mol. The van der Waals surface area contributed by atoms with Crippen LogP contribution in [0.2, 0.25) is 0 Å². The molecule has 0 bridgehead atoms. The number of nitrogens with one attached hydrogen (secondary N) is 1. The Labute approximate surface area is 154 Å². The van der Waals surface area contributed by atoms with E-state index in [0.717, 1.165) is 0 Å². The molecule has 140 valence electrons. The van der Waals surface area contributed by atoms with Crippen molar-refractivity contribution < 1.29 is 14.3 Å². The minimum atomic E-state index is -0.844. The lowest BCUT2D eigenvalue weighted by molar-refractivity contribution is -0.145. The maximum atomic E-state index is 12.4. The van der Waals surface area contributed by atoms with E-state index in [1.165, 1.54) is 18.0 Å². The number of aromatic nitrogens is 4. The van der Waals surface area contributed by atoms with E-state index in [4.69, 9.17) is 4.74 Å². The van der Waals surface area contributed by atoms with Crippen LogP contribution in [0.15, 0.2) is 54.1 Å². The zero-order valence-corrected chi connectivity index (χ0v) is 14.7.